The summed E-state index contributed by atoms with van der Waals surface area (Å²) in [5, 5.41) is 2.49. The lowest BCUT2D eigenvalue weighted by Crippen LogP contribution is -2.20. The van der Waals surface area contributed by atoms with Crippen LogP contribution in [0, 0.1) is 5.82 Å². The summed E-state index contributed by atoms with van der Waals surface area (Å²) in [5.41, 5.74) is 0.264. The number of ether oxygens (including phenoxy) is 1. The third-order valence-electron chi connectivity index (χ3n) is 2.72. The van der Waals surface area contributed by atoms with Gasteiger partial charge in [-0.3, -0.25) is 4.79 Å². The van der Waals surface area contributed by atoms with Crippen molar-refractivity contribution in [1.82, 2.24) is 0 Å². The fraction of sp³-hybridized carbons (Fsp3) is 0.188. The van der Waals surface area contributed by atoms with Gasteiger partial charge in [0.05, 0.1) is 11.4 Å². The third kappa shape index (κ3) is 6.11. The van der Waals surface area contributed by atoms with Gasteiger partial charge in [-0.1, -0.05) is 18.2 Å². The molecule has 0 aliphatic rings. The Hall–Kier alpha value is -2.22. The molecule has 0 aliphatic heterocycles. The van der Waals surface area contributed by atoms with Crippen LogP contribution in [-0.2, 0) is 4.79 Å². The molecular weight excluding hydrogens is 346 g/mol. The molecule has 0 aromatic heterocycles. The van der Waals surface area contributed by atoms with Gasteiger partial charge in [0.1, 0.15) is 11.6 Å². The van der Waals surface area contributed by atoms with Crippen molar-refractivity contribution in [3.8, 4) is 5.75 Å². The van der Waals surface area contributed by atoms with E-state index < -0.39 is 23.7 Å². The average Bonchev–Trinajstić information content (AvgIpc) is 2.51. The van der Waals surface area contributed by atoms with Gasteiger partial charge in [0.15, 0.2) is 6.61 Å². The van der Waals surface area contributed by atoms with Crippen LogP contribution in [0.3, 0.4) is 0 Å². The molecule has 1 N–H and O–H groups in total. The standard InChI is InChI=1S/C16H13F4NO2S/c17-11-4-3-5-12(8-11)23-9-15(22)21-13-6-1-2-7-14(13)24-10-16(18,19)20/h1-8H,9-10H2,(H,21,22). The molecule has 0 spiro atoms. The zero-order valence-electron chi connectivity index (χ0n) is 12.3. The molecule has 0 atom stereocenters. The van der Waals surface area contributed by atoms with Crippen LogP contribution in [0.1, 0.15) is 0 Å². The van der Waals surface area contributed by atoms with Crippen LogP contribution >= 0.6 is 11.8 Å². The van der Waals surface area contributed by atoms with Crippen LogP contribution < -0.4 is 10.1 Å². The first-order valence-corrected chi connectivity index (χ1v) is 7.79. The number of amides is 1. The second-order valence-electron chi connectivity index (χ2n) is 4.69. The van der Waals surface area contributed by atoms with Crippen molar-refractivity contribution in [3.63, 3.8) is 0 Å². The normalized spacial score (nSPS) is 11.2. The number of benzene rings is 2. The number of nitrogens with one attached hydrogen (secondary N) is 1. The highest BCUT2D eigenvalue weighted by molar-refractivity contribution is 7.99. The van der Waals surface area contributed by atoms with E-state index in [0.29, 0.717) is 16.7 Å². The fourth-order valence-corrected chi connectivity index (χ4v) is 2.52. The van der Waals surface area contributed by atoms with Crippen LogP contribution in [0.25, 0.3) is 0 Å². The van der Waals surface area contributed by atoms with Crippen molar-refractivity contribution < 1.29 is 27.1 Å². The summed E-state index contributed by atoms with van der Waals surface area (Å²) < 4.78 is 55.1. The van der Waals surface area contributed by atoms with E-state index in [-0.39, 0.29) is 18.0 Å². The van der Waals surface area contributed by atoms with E-state index in [4.69, 9.17) is 4.74 Å². The van der Waals surface area contributed by atoms with Crippen molar-refractivity contribution in [3.05, 3.63) is 54.3 Å². The van der Waals surface area contributed by atoms with Crippen LogP contribution in [0.2, 0.25) is 0 Å². The maximum Gasteiger partial charge on any atom is 0.398 e. The maximum absolute atomic E-state index is 13.0. The number of hydrogen-bond acceptors (Lipinski definition) is 3. The van der Waals surface area contributed by atoms with Crippen LogP contribution in [0.5, 0.6) is 5.75 Å². The molecule has 0 fully saturated rings. The van der Waals surface area contributed by atoms with Gasteiger partial charge in [-0.15, -0.1) is 11.8 Å². The third-order valence-corrected chi connectivity index (χ3v) is 3.86. The lowest BCUT2D eigenvalue weighted by Gasteiger charge is -2.12. The van der Waals surface area contributed by atoms with E-state index in [1.165, 1.54) is 30.3 Å². The van der Waals surface area contributed by atoms with Crippen molar-refractivity contribution >= 4 is 23.4 Å². The first-order chi connectivity index (χ1) is 11.3. The van der Waals surface area contributed by atoms with Gasteiger partial charge in [0.25, 0.3) is 5.91 Å². The Bertz CT molecular complexity index is 706. The summed E-state index contributed by atoms with van der Waals surface area (Å²) in [6, 6.07) is 11.5. The van der Waals surface area contributed by atoms with Crippen molar-refractivity contribution in [2.75, 3.05) is 17.7 Å². The SMILES string of the molecule is O=C(COc1cccc(F)c1)Nc1ccccc1SCC(F)(F)F. The van der Waals surface area contributed by atoms with E-state index in [0.717, 1.165) is 6.07 Å². The number of rotatable bonds is 6. The number of anilines is 1. The van der Waals surface area contributed by atoms with Gasteiger partial charge in [0.2, 0.25) is 0 Å². The van der Waals surface area contributed by atoms with Crippen molar-refractivity contribution in [2.24, 2.45) is 0 Å². The quantitative estimate of drug-likeness (QED) is 0.610. The highest BCUT2D eigenvalue weighted by atomic mass is 32.2. The molecule has 0 aliphatic carbocycles. The molecule has 1 amide bonds. The van der Waals surface area contributed by atoms with E-state index >= 15 is 0 Å². The molecular formula is C16H13F4NO2S. The minimum absolute atomic E-state index is 0.185. The van der Waals surface area contributed by atoms with Crippen LogP contribution in [0.4, 0.5) is 23.2 Å². The fourth-order valence-electron chi connectivity index (χ4n) is 1.75. The number of carbonyl (C=O) groups is 1. The van der Waals surface area contributed by atoms with E-state index in [9.17, 15) is 22.4 Å². The molecule has 8 heteroatoms. The molecule has 128 valence electrons. The lowest BCUT2D eigenvalue weighted by molar-refractivity contribution is -0.118. The van der Waals surface area contributed by atoms with Gasteiger partial charge in [-0.05, 0) is 24.3 Å². The summed E-state index contributed by atoms with van der Waals surface area (Å²) in [4.78, 5) is 12.2. The number of halogens is 4. The predicted molar refractivity (Wildman–Crippen MR) is 83.7 cm³/mol. The topological polar surface area (TPSA) is 38.3 Å². The summed E-state index contributed by atoms with van der Waals surface area (Å²) in [6.45, 7) is -0.387. The molecule has 0 radical (unpaired) electrons. The van der Waals surface area contributed by atoms with Crippen molar-refractivity contribution in [2.45, 2.75) is 11.1 Å². The zero-order chi connectivity index (χ0) is 17.6. The second-order valence-corrected chi connectivity index (χ2v) is 5.71. The summed E-state index contributed by atoms with van der Waals surface area (Å²) in [5.74, 6) is -1.93. The Labute approximate surface area is 140 Å². The lowest BCUT2D eigenvalue weighted by atomic mass is 10.3. The van der Waals surface area contributed by atoms with E-state index in [1.54, 1.807) is 12.1 Å². The van der Waals surface area contributed by atoms with E-state index in [1.807, 2.05) is 0 Å². The summed E-state index contributed by atoms with van der Waals surface area (Å²) in [6.07, 6.45) is -4.30. The largest absolute Gasteiger partial charge is 0.484 e. The molecule has 24 heavy (non-hydrogen) atoms. The molecule has 0 saturated carbocycles. The number of hydrogen-bond donors (Lipinski definition) is 1. The van der Waals surface area contributed by atoms with Gasteiger partial charge in [-0.25, -0.2) is 4.39 Å². The van der Waals surface area contributed by atoms with Gasteiger partial charge >= 0.3 is 6.18 Å². The van der Waals surface area contributed by atoms with Gasteiger partial charge in [0, 0.05) is 11.0 Å². The second kappa shape index (κ2) is 8.05. The number of thioether (sulfide) groups is 1. The van der Waals surface area contributed by atoms with Crippen LogP contribution in [0.15, 0.2) is 53.4 Å². The molecule has 3 nitrogen and oxygen atoms in total. The van der Waals surface area contributed by atoms with Crippen LogP contribution in [-0.4, -0.2) is 24.4 Å². The summed E-state index contributed by atoms with van der Waals surface area (Å²) >= 11 is 0.582. The zero-order valence-corrected chi connectivity index (χ0v) is 13.1. The minimum atomic E-state index is -4.30. The monoisotopic (exact) mass is 359 g/mol. The first kappa shape index (κ1) is 18.1. The first-order valence-electron chi connectivity index (χ1n) is 6.80. The molecule has 2 aromatic rings. The van der Waals surface area contributed by atoms with Gasteiger partial charge < -0.3 is 10.1 Å². The highest BCUT2D eigenvalue weighted by Crippen LogP contribution is 2.32. The van der Waals surface area contributed by atoms with Gasteiger partial charge in [-0.2, -0.15) is 13.2 Å². The predicted octanol–water partition coefficient (Wildman–Crippen LogP) is 4.50. The number of carbonyl (C=O) groups excluding carboxylic acids is 1. The Balaban J connectivity index is 1.94. The smallest absolute Gasteiger partial charge is 0.398 e. The molecule has 0 heterocycles. The summed E-state index contributed by atoms with van der Waals surface area (Å²) in [7, 11) is 0. The Morgan fingerprint density at radius 2 is 1.88 bits per heavy atom. The molecule has 0 bridgehead atoms. The number of alkyl halides is 3. The average molecular weight is 359 g/mol. The minimum Gasteiger partial charge on any atom is -0.484 e. The molecule has 2 rings (SSSR count). The Kier molecular flexibility index (Phi) is 6.08. The maximum atomic E-state index is 13.0. The molecule has 0 saturated heterocycles. The van der Waals surface area contributed by atoms with E-state index in [2.05, 4.69) is 5.32 Å². The van der Waals surface area contributed by atoms with Crippen molar-refractivity contribution in [1.29, 1.82) is 0 Å². The molecule has 2 aromatic carbocycles. The number of para-hydroxylation sites is 1. The Morgan fingerprint density at radius 1 is 1.12 bits per heavy atom. The highest BCUT2D eigenvalue weighted by Gasteiger charge is 2.27. The Morgan fingerprint density at radius 3 is 2.58 bits per heavy atom. The molecule has 0 unspecified atom stereocenters.